The molecule has 0 rings (SSSR count). The number of aliphatic hydroxyl groups is 1. The van der Waals surface area contributed by atoms with E-state index in [9.17, 15) is 9.90 Å². The Hall–Kier alpha value is -0.610. The van der Waals surface area contributed by atoms with E-state index in [0.717, 1.165) is 0 Å². The Morgan fingerprint density at radius 3 is 2.53 bits per heavy atom. The Morgan fingerprint density at radius 1 is 1.47 bits per heavy atom. The number of nitrogens with one attached hydrogen (secondary N) is 2. The van der Waals surface area contributed by atoms with Crippen LogP contribution in [-0.4, -0.2) is 36.2 Å². The van der Waals surface area contributed by atoms with Gasteiger partial charge in [-0.3, -0.25) is 4.79 Å². The molecule has 0 aliphatic carbocycles. The van der Waals surface area contributed by atoms with E-state index < -0.39 is 5.60 Å². The SMILES string of the molecule is CCC(C)(O)CNCC(=O)NCC(C)C. The number of amides is 1. The second-order valence-corrected chi connectivity index (χ2v) is 4.65. The second kappa shape index (κ2) is 6.80. The average Bonchev–Trinajstić information content (AvgIpc) is 2.14. The molecule has 0 aromatic carbocycles. The molecule has 0 fully saturated rings. The van der Waals surface area contributed by atoms with Gasteiger partial charge in [-0.1, -0.05) is 20.8 Å². The summed E-state index contributed by atoms with van der Waals surface area (Å²) >= 11 is 0. The van der Waals surface area contributed by atoms with Crippen LogP contribution in [0.4, 0.5) is 0 Å². The fourth-order valence-electron chi connectivity index (χ4n) is 0.951. The van der Waals surface area contributed by atoms with Gasteiger partial charge in [0.25, 0.3) is 0 Å². The molecule has 3 N–H and O–H groups in total. The molecule has 0 bridgehead atoms. The predicted molar refractivity (Wildman–Crippen MR) is 61.6 cm³/mol. The Balaban J connectivity index is 3.55. The van der Waals surface area contributed by atoms with Gasteiger partial charge >= 0.3 is 0 Å². The molecule has 4 heteroatoms. The Bertz CT molecular complexity index is 191. The maximum atomic E-state index is 11.3. The van der Waals surface area contributed by atoms with Crippen LogP contribution in [0.15, 0.2) is 0 Å². The summed E-state index contributed by atoms with van der Waals surface area (Å²) in [5.74, 6) is 0.448. The molecule has 0 aliphatic rings. The standard InChI is InChI=1S/C11H24N2O2/c1-5-11(4,15)8-12-7-10(14)13-6-9(2)3/h9,12,15H,5-8H2,1-4H3,(H,13,14). The third-order valence-corrected chi connectivity index (χ3v) is 2.26. The van der Waals surface area contributed by atoms with Crippen molar-refractivity contribution in [1.82, 2.24) is 10.6 Å². The number of carbonyl (C=O) groups excluding carboxylic acids is 1. The minimum absolute atomic E-state index is 0.0180. The lowest BCUT2D eigenvalue weighted by Gasteiger charge is -2.21. The lowest BCUT2D eigenvalue weighted by atomic mass is 10.0. The van der Waals surface area contributed by atoms with E-state index in [-0.39, 0.29) is 12.5 Å². The molecule has 90 valence electrons. The molecular formula is C11H24N2O2. The highest BCUT2D eigenvalue weighted by molar-refractivity contribution is 5.77. The first kappa shape index (κ1) is 14.4. The first-order chi connectivity index (χ1) is 6.87. The zero-order valence-electron chi connectivity index (χ0n) is 10.3. The van der Waals surface area contributed by atoms with E-state index >= 15 is 0 Å². The molecule has 1 unspecified atom stereocenters. The number of carbonyl (C=O) groups is 1. The maximum absolute atomic E-state index is 11.3. The van der Waals surface area contributed by atoms with Crippen LogP contribution in [0.3, 0.4) is 0 Å². The summed E-state index contributed by atoms with van der Waals surface area (Å²) < 4.78 is 0. The summed E-state index contributed by atoms with van der Waals surface area (Å²) in [6, 6.07) is 0. The van der Waals surface area contributed by atoms with Crippen LogP contribution < -0.4 is 10.6 Å². The molecule has 4 nitrogen and oxygen atoms in total. The summed E-state index contributed by atoms with van der Waals surface area (Å²) in [6.45, 7) is 9.18. The van der Waals surface area contributed by atoms with Crippen molar-refractivity contribution in [3.05, 3.63) is 0 Å². The smallest absolute Gasteiger partial charge is 0.233 e. The summed E-state index contributed by atoms with van der Waals surface area (Å²) in [4.78, 5) is 11.3. The fraction of sp³-hybridized carbons (Fsp3) is 0.909. The van der Waals surface area contributed by atoms with Gasteiger partial charge < -0.3 is 15.7 Å². The Labute approximate surface area is 92.4 Å². The third kappa shape index (κ3) is 8.39. The summed E-state index contributed by atoms with van der Waals surface area (Å²) in [5.41, 5.74) is -0.724. The zero-order chi connectivity index (χ0) is 11.9. The van der Waals surface area contributed by atoms with Gasteiger partial charge in [-0.2, -0.15) is 0 Å². The van der Waals surface area contributed by atoms with Gasteiger partial charge in [0, 0.05) is 13.1 Å². The highest BCUT2D eigenvalue weighted by Gasteiger charge is 2.16. The highest BCUT2D eigenvalue weighted by atomic mass is 16.3. The van der Waals surface area contributed by atoms with Crippen molar-refractivity contribution in [2.24, 2.45) is 5.92 Å². The van der Waals surface area contributed by atoms with Gasteiger partial charge in [0.2, 0.25) is 5.91 Å². The number of rotatable bonds is 7. The molecule has 0 aromatic rings. The molecule has 0 spiro atoms. The molecule has 0 saturated carbocycles. The predicted octanol–water partition coefficient (Wildman–Crippen LogP) is 0.509. The fourth-order valence-corrected chi connectivity index (χ4v) is 0.951. The van der Waals surface area contributed by atoms with Gasteiger partial charge in [0.1, 0.15) is 0 Å². The second-order valence-electron chi connectivity index (χ2n) is 4.65. The van der Waals surface area contributed by atoms with E-state index in [1.807, 2.05) is 6.92 Å². The first-order valence-electron chi connectivity index (χ1n) is 5.57. The van der Waals surface area contributed by atoms with Gasteiger partial charge in [-0.05, 0) is 19.3 Å². The molecule has 0 heterocycles. The summed E-state index contributed by atoms with van der Waals surface area (Å²) in [6.07, 6.45) is 0.674. The van der Waals surface area contributed by atoms with Gasteiger partial charge in [0.15, 0.2) is 0 Å². The molecule has 0 aliphatic heterocycles. The molecule has 0 radical (unpaired) electrons. The monoisotopic (exact) mass is 216 g/mol. The van der Waals surface area contributed by atoms with Crippen molar-refractivity contribution in [3.63, 3.8) is 0 Å². The Morgan fingerprint density at radius 2 is 2.07 bits per heavy atom. The lowest BCUT2D eigenvalue weighted by Crippen LogP contribution is -2.42. The van der Waals surface area contributed by atoms with Crippen molar-refractivity contribution >= 4 is 5.91 Å². The summed E-state index contributed by atoms with van der Waals surface area (Å²) in [7, 11) is 0. The van der Waals surface area contributed by atoms with E-state index in [4.69, 9.17) is 0 Å². The quantitative estimate of drug-likeness (QED) is 0.581. The van der Waals surface area contributed by atoms with Crippen molar-refractivity contribution in [1.29, 1.82) is 0 Å². The highest BCUT2D eigenvalue weighted by Crippen LogP contribution is 2.05. The number of hydrogen-bond donors (Lipinski definition) is 3. The normalized spacial score (nSPS) is 15.1. The molecular weight excluding hydrogens is 192 g/mol. The van der Waals surface area contributed by atoms with Gasteiger partial charge in [0.05, 0.1) is 12.1 Å². The van der Waals surface area contributed by atoms with Gasteiger partial charge in [-0.25, -0.2) is 0 Å². The molecule has 15 heavy (non-hydrogen) atoms. The first-order valence-corrected chi connectivity index (χ1v) is 5.57. The van der Waals surface area contributed by atoms with Crippen LogP contribution in [0, 0.1) is 5.92 Å². The molecule has 0 saturated heterocycles. The van der Waals surface area contributed by atoms with Crippen LogP contribution in [0.1, 0.15) is 34.1 Å². The zero-order valence-corrected chi connectivity index (χ0v) is 10.3. The van der Waals surface area contributed by atoms with Crippen LogP contribution in [0.25, 0.3) is 0 Å². The van der Waals surface area contributed by atoms with E-state index in [0.29, 0.717) is 25.4 Å². The summed E-state index contributed by atoms with van der Waals surface area (Å²) in [5, 5.41) is 15.4. The molecule has 1 atom stereocenters. The molecule has 1 amide bonds. The lowest BCUT2D eigenvalue weighted by molar-refractivity contribution is -0.120. The van der Waals surface area contributed by atoms with Crippen molar-refractivity contribution in [2.75, 3.05) is 19.6 Å². The van der Waals surface area contributed by atoms with Crippen LogP contribution >= 0.6 is 0 Å². The third-order valence-electron chi connectivity index (χ3n) is 2.26. The molecule has 0 aromatic heterocycles. The minimum atomic E-state index is -0.724. The van der Waals surface area contributed by atoms with Crippen LogP contribution in [0.2, 0.25) is 0 Å². The largest absolute Gasteiger partial charge is 0.389 e. The van der Waals surface area contributed by atoms with Crippen LogP contribution in [-0.2, 0) is 4.79 Å². The van der Waals surface area contributed by atoms with E-state index in [2.05, 4.69) is 24.5 Å². The average molecular weight is 216 g/mol. The van der Waals surface area contributed by atoms with Crippen molar-refractivity contribution < 1.29 is 9.90 Å². The van der Waals surface area contributed by atoms with Crippen LogP contribution in [0.5, 0.6) is 0 Å². The topological polar surface area (TPSA) is 61.4 Å². The Kier molecular flexibility index (Phi) is 6.52. The van der Waals surface area contributed by atoms with E-state index in [1.54, 1.807) is 6.92 Å². The maximum Gasteiger partial charge on any atom is 0.233 e. The number of hydrogen-bond acceptors (Lipinski definition) is 3. The van der Waals surface area contributed by atoms with E-state index in [1.165, 1.54) is 0 Å². The van der Waals surface area contributed by atoms with Gasteiger partial charge in [-0.15, -0.1) is 0 Å². The van der Waals surface area contributed by atoms with Crippen molar-refractivity contribution in [3.8, 4) is 0 Å². The minimum Gasteiger partial charge on any atom is -0.389 e. The van der Waals surface area contributed by atoms with Crippen molar-refractivity contribution in [2.45, 2.75) is 39.7 Å².